The molecule has 1 heterocycles. The highest BCUT2D eigenvalue weighted by Crippen LogP contribution is 2.46. The summed E-state index contributed by atoms with van der Waals surface area (Å²) < 4.78 is 2.38. The van der Waals surface area contributed by atoms with Crippen LogP contribution in [0.25, 0.3) is 104 Å². The monoisotopic (exact) mass is 838 g/mol. The fourth-order valence-electron chi connectivity index (χ4n) is 10.5. The van der Waals surface area contributed by atoms with Gasteiger partial charge in [-0.25, -0.2) is 0 Å². The fraction of sp³-hybridized carbons (Fsp3) is 0. The molecule has 2 heteroatoms. The van der Waals surface area contributed by atoms with E-state index in [2.05, 4.69) is 264 Å². The quantitative estimate of drug-likeness (QED) is 0.145. The van der Waals surface area contributed by atoms with Crippen LogP contribution in [0.2, 0.25) is 0 Å². The summed E-state index contributed by atoms with van der Waals surface area (Å²) in [6.45, 7) is 0. The van der Waals surface area contributed by atoms with Crippen molar-refractivity contribution >= 4 is 82.0 Å². The molecular formula is C64H42N2. The Labute approximate surface area is 383 Å². The number of para-hydroxylation sites is 2. The van der Waals surface area contributed by atoms with Crippen LogP contribution in [0.15, 0.2) is 255 Å². The molecule has 1 aromatic heterocycles. The van der Waals surface area contributed by atoms with Gasteiger partial charge in [-0.15, -0.1) is 0 Å². The summed E-state index contributed by atoms with van der Waals surface area (Å²) in [4.78, 5) is 2.42. The minimum Gasteiger partial charge on any atom is -0.310 e. The van der Waals surface area contributed by atoms with E-state index in [1.807, 2.05) is 0 Å². The molecule has 0 aliphatic carbocycles. The lowest BCUT2D eigenvalue weighted by Gasteiger charge is -2.26. The zero-order valence-electron chi connectivity index (χ0n) is 36.1. The fourth-order valence-corrected chi connectivity index (χ4v) is 10.5. The summed E-state index contributed by atoms with van der Waals surface area (Å²) in [6.07, 6.45) is 0. The maximum atomic E-state index is 2.42. The van der Waals surface area contributed by atoms with Gasteiger partial charge in [-0.05, 0) is 149 Å². The van der Waals surface area contributed by atoms with Crippen molar-refractivity contribution in [1.29, 1.82) is 0 Å². The van der Waals surface area contributed by atoms with Crippen molar-refractivity contribution in [2.75, 3.05) is 4.90 Å². The number of fused-ring (bicyclic) bond motifs is 7. The number of hydrogen-bond donors (Lipinski definition) is 0. The predicted molar refractivity (Wildman–Crippen MR) is 282 cm³/mol. The van der Waals surface area contributed by atoms with Crippen LogP contribution in [0.4, 0.5) is 17.1 Å². The van der Waals surface area contributed by atoms with Gasteiger partial charge in [0.05, 0.1) is 11.0 Å². The summed E-state index contributed by atoms with van der Waals surface area (Å²) in [5.74, 6) is 0. The van der Waals surface area contributed by atoms with Gasteiger partial charge in [0.15, 0.2) is 0 Å². The summed E-state index contributed by atoms with van der Waals surface area (Å²) in [7, 11) is 0. The first kappa shape index (κ1) is 37.8. The van der Waals surface area contributed by atoms with Gasteiger partial charge in [0.2, 0.25) is 0 Å². The molecule has 0 radical (unpaired) electrons. The van der Waals surface area contributed by atoms with Crippen LogP contribution in [0, 0.1) is 0 Å². The smallest absolute Gasteiger partial charge is 0.0542 e. The molecule has 0 aliphatic rings. The van der Waals surface area contributed by atoms with E-state index in [-0.39, 0.29) is 0 Å². The van der Waals surface area contributed by atoms with Crippen LogP contribution < -0.4 is 4.90 Å². The van der Waals surface area contributed by atoms with E-state index in [1.165, 1.54) is 98.3 Å². The minimum absolute atomic E-state index is 1.09. The zero-order chi connectivity index (χ0) is 43.6. The highest BCUT2D eigenvalue weighted by atomic mass is 15.1. The maximum absolute atomic E-state index is 2.42. The van der Waals surface area contributed by atoms with Crippen LogP contribution >= 0.6 is 0 Å². The van der Waals surface area contributed by atoms with Gasteiger partial charge in [-0.3, -0.25) is 0 Å². The van der Waals surface area contributed by atoms with Crippen LogP contribution in [-0.4, -0.2) is 4.57 Å². The van der Waals surface area contributed by atoms with E-state index >= 15 is 0 Å². The van der Waals surface area contributed by atoms with Gasteiger partial charge in [0.1, 0.15) is 0 Å². The average molecular weight is 839 g/mol. The van der Waals surface area contributed by atoms with E-state index in [4.69, 9.17) is 0 Å². The number of nitrogens with zero attached hydrogens (tertiary/aromatic N) is 2. The van der Waals surface area contributed by atoms with Crippen molar-refractivity contribution < 1.29 is 0 Å². The van der Waals surface area contributed by atoms with E-state index in [0.717, 1.165) is 22.7 Å². The second-order valence-electron chi connectivity index (χ2n) is 17.3. The number of benzene rings is 12. The second-order valence-corrected chi connectivity index (χ2v) is 17.3. The lowest BCUT2D eigenvalue weighted by molar-refractivity contribution is 1.18. The number of hydrogen-bond acceptors (Lipinski definition) is 1. The number of anilines is 3. The molecule has 13 rings (SSSR count). The number of aromatic nitrogens is 1. The molecule has 0 spiro atoms. The highest BCUT2D eigenvalue weighted by Gasteiger charge is 2.20. The van der Waals surface area contributed by atoms with Crippen LogP contribution in [-0.2, 0) is 0 Å². The normalized spacial score (nSPS) is 11.6. The third-order valence-electron chi connectivity index (χ3n) is 13.5. The molecule has 0 fully saturated rings. The Balaban J connectivity index is 0.977. The first-order valence-corrected chi connectivity index (χ1v) is 22.7. The lowest BCUT2D eigenvalue weighted by atomic mass is 9.86. The molecule has 2 nitrogen and oxygen atoms in total. The lowest BCUT2D eigenvalue weighted by Crippen LogP contribution is -2.10. The van der Waals surface area contributed by atoms with Gasteiger partial charge in [-0.2, -0.15) is 0 Å². The third-order valence-corrected chi connectivity index (χ3v) is 13.5. The summed E-state index contributed by atoms with van der Waals surface area (Å²) in [5.41, 5.74) is 14.2. The molecule has 0 saturated heterocycles. The van der Waals surface area contributed by atoms with Gasteiger partial charge in [-0.1, -0.05) is 182 Å². The summed E-state index contributed by atoms with van der Waals surface area (Å²) in [6, 6.07) is 93.3. The first-order valence-electron chi connectivity index (χ1n) is 22.7. The Morgan fingerprint density at radius 3 is 1.33 bits per heavy atom. The molecular weight excluding hydrogens is 797 g/mol. The Bertz CT molecular complexity index is 3920. The summed E-state index contributed by atoms with van der Waals surface area (Å²) in [5, 5.41) is 12.4. The van der Waals surface area contributed by atoms with E-state index in [9.17, 15) is 0 Å². The van der Waals surface area contributed by atoms with E-state index in [0.29, 0.717) is 0 Å². The molecule has 13 aromatic rings. The molecule has 0 atom stereocenters. The standard InChI is InChI=1S/C64H42N2/c1-3-16-44(17-4-1)63-56-22-9-11-24-58(56)64(59-25-12-10-23-57(59)63)45-31-34-52(35-32-45)65(54-37-38-62-60(42-54)55-21-13-14-26-61(55)66(62)51-19-5-2-6-20-51)53-36-33-49-40-48(29-30-50(49)41-53)47-28-27-43-15-7-8-18-46(43)39-47/h1-42H. The van der Waals surface area contributed by atoms with Crippen molar-refractivity contribution in [3.05, 3.63) is 255 Å². The van der Waals surface area contributed by atoms with Crippen LogP contribution in [0.3, 0.4) is 0 Å². The molecule has 66 heavy (non-hydrogen) atoms. The average Bonchev–Trinajstić information content (AvgIpc) is 3.72. The van der Waals surface area contributed by atoms with E-state index < -0.39 is 0 Å². The van der Waals surface area contributed by atoms with Crippen molar-refractivity contribution in [3.8, 4) is 39.1 Å². The maximum Gasteiger partial charge on any atom is 0.0542 e. The van der Waals surface area contributed by atoms with Crippen molar-refractivity contribution in [3.63, 3.8) is 0 Å². The van der Waals surface area contributed by atoms with Gasteiger partial charge < -0.3 is 9.47 Å². The van der Waals surface area contributed by atoms with E-state index in [1.54, 1.807) is 0 Å². The summed E-state index contributed by atoms with van der Waals surface area (Å²) >= 11 is 0. The molecule has 0 amide bonds. The number of rotatable bonds is 7. The molecule has 0 aliphatic heterocycles. The second kappa shape index (κ2) is 15.5. The third kappa shape index (κ3) is 6.26. The van der Waals surface area contributed by atoms with Crippen LogP contribution in [0.1, 0.15) is 0 Å². The van der Waals surface area contributed by atoms with Gasteiger partial charge in [0, 0.05) is 33.5 Å². The molecule has 12 aromatic carbocycles. The van der Waals surface area contributed by atoms with Crippen molar-refractivity contribution in [2.45, 2.75) is 0 Å². The van der Waals surface area contributed by atoms with Crippen LogP contribution in [0.5, 0.6) is 0 Å². The Morgan fingerprint density at radius 2 is 0.667 bits per heavy atom. The molecule has 308 valence electrons. The molecule has 0 N–H and O–H groups in total. The molecule has 0 bridgehead atoms. The highest BCUT2D eigenvalue weighted by molar-refractivity contribution is 6.21. The van der Waals surface area contributed by atoms with Crippen molar-refractivity contribution in [1.82, 2.24) is 4.57 Å². The van der Waals surface area contributed by atoms with Crippen molar-refractivity contribution in [2.24, 2.45) is 0 Å². The largest absolute Gasteiger partial charge is 0.310 e. The Kier molecular flexibility index (Phi) is 8.89. The molecule has 0 unspecified atom stereocenters. The Hall–Kier alpha value is -8.72. The Morgan fingerprint density at radius 1 is 0.242 bits per heavy atom. The van der Waals surface area contributed by atoms with Gasteiger partial charge >= 0.3 is 0 Å². The zero-order valence-corrected chi connectivity index (χ0v) is 36.1. The molecule has 0 saturated carbocycles. The van der Waals surface area contributed by atoms with Gasteiger partial charge in [0.25, 0.3) is 0 Å². The topological polar surface area (TPSA) is 8.17 Å². The SMILES string of the molecule is c1ccc(-c2c3ccccc3c(-c3ccc(N(c4ccc5cc(-c6ccc7ccccc7c6)ccc5c4)c4ccc5c(c4)c4ccccc4n5-c4ccccc4)cc3)c3ccccc23)cc1. The minimum atomic E-state index is 1.09. The predicted octanol–water partition coefficient (Wildman–Crippen LogP) is 17.9. The first-order chi connectivity index (χ1) is 32.7.